The van der Waals surface area contributed by atoms with Gasteiger partial charge in [0.25, 0.3) is 6.43 Å². The molecule has 0 amide bonds. The molecule has 4 nitrogen and oxygen atoms in total. The first-order valence-electron chi connectivity index (χ1n) is 4.20. The van der Waals surface area contributed by atoms with Gasteiger partial charge in [0.1, 0.15) is 6.61 Å². The number of nitro groups is 1. The first-order chi connectivity index (χ1) is 7.54. The van der Waals surface area contributed by atoms with Gasteiger partial charge in [-0.25, -0.2) is 8.78 Å². The molecule has 16 heavy (non-hydrogen) atoms. The van der Waals surface area contributed by atoms with Crippen LogP contribution in [0.4, 0.5) is 14.5 Å². The molecular weight excluding hydrogens is 220 g/mol. The second-order valence-corrected chi connectivity index (χ2v) is 2.79. The number of alkyl halides is 2. The Morgan fingerprint density at radius 1 is 1.56 bits per heavy atom. The molecule has 0 spiro atoms. The number of hydrogen-bond acceptors (Lipinski definition) is 3. The molecule has 0 unspecified atom stereocenters. The fourth-order valence-corrected chi connectivity index (χ4v) is 1.02. The molecule has 0 saturated heterocycles. The number of hydrogen-bond donors (Lipinski definition) is 0. The van der Waals surface area contributed by atoms with Crippen molar-refractivity contribution in [3.8, 4) is 18.1 Å². The van der Waals surface area contributed by atoms with Crippen molar-refractivity contribution in [1.82, 2.24) is 0 Å². The number of ether oxygens (including phenoxy) is 1. The number of benzene rings is 1. The Bertz CT molecular complexity index is 440. The number of rotatable bonds is 4. The van der Waals surface area contributed by atoms with Crippen LogP contribution in [0, 0.1) is 22.5 Å². The summed E-state index contributed by atoms with van der Waals surface area (Å²) in [5, 5.41) is 10.6. The van der Waals surface area contributed by atoms with Gasteiger partial charge >= 0.3 is 5.69 Å². The first kappa shape index (κ1) is 11.9. The van der Waals surface area contributed by atoms with E-state index in [0.29, 0.717) is 0 Å². The molecule has 84 valence electrons. The van der Waals surface area contributed by atoms with Crippen molar-refractivity contribution >= 4 is 5.69 Å². The summed E-state index contributed by atoms with van der Waals surface area (Å²) in [6.07, 6.45) is 2.37. The van der Waals surface area contributed by atoms with Gasteiger partial charge in [0.05, 0.1) is 4.92 Å². The van der Waals surface area contributed by atoms with E-state index in [2.05, 4.69) is 10.7 Å². The fourth-order valence-electron chi connectivity index (χ4n) is 1.02. The third-order valence-corrected chi connectivity index (χ3v) is 1.69. The maximum atomic E-state index is 11.9. The summed E-state index contributed by atoms with van der Waals surface area (Å²) in [7, 11) is 0. The highest BCUT2D eigenvalue weighted by Gasteiger charge is 2.16. The van der Waals surface area contributed by atoms with Crippen molar-refractivity contribution in [3.05, 3.63) is 33.9 Å². The minimum Gasteiger partial charge on any atom is -0.481 e. The summed E-state index contributed by atoms with van der Waals surface area (Å²) in [6.45, 7) is -0.893. The summed E-state index contributed by atoms with van der Waals surface area (Å²) in [5.41, 5.74) is -0.132. The Labute approximate surface area is 90.0 Å². The Kier molecular flexibility index (Phi) is 3.78. The molecule has 0 aliphatic carbocycles. The van der Waals surface area contributed by atoms with E-state index < -0.39 is 23.6 Å². The molecule has 0 N–H and O–H groups in total. The fraction of sp³-hybridized carbons (Fsp3) is 0.200. The molecule has 0 fully saturated rings. The minimum absolute atomic E-state index is 0.218. The number of terminal acetylenes is 1. The molecule has 0 aromatic heterocycles. The van der Waals surface area contributed by atoms with Gasteiger partial charge in [-0.15, -0.1) is 6.42 Å². The van der Waals surface area contributed by atoms with Crippen molar-refractivity contribution in [3.63, 3.8) is 0 Å². The van der Waals surface area contributed by atoms with Crippen LogP contribution in [-0.2, 0) is 0 Å². The zero-order chi connectivity index (χ0) is 12.1. The lowest BCUT2D eigenvalue weighted by atomic mass is 10.2. The topological polar surface area (TPSA) is 52.4 Å². The summed E-state index contributed by atoms with van der Waals surface area (Å²) in [4.78, 5) is 9.87. The van der Waals surface area contributed by atoms with Crippen molar-refractivity contribution in [2.24, 2.45) is 0 Å². The molecule has 0 saturated carbocycles. The lowest BCUT2D eigenvalue weighted by Gasteiger charge is -2.05. The largest absolute Gasteiger partial charge is 0.481 e. The highest BCUT2D eigenvalue weighted by atomic mass is 19.3. The zero-order valence-electron chi connectivity index (χ0n) is 8.02. The molecule has 0 radical (unpaired) electrons. The van der Waals surface area contributed by atoms with Gasteiger partial charge in [0.2, 0.25) is 0 Å². The van der Waals surface area contributed by atoms with Gasteiger partial charge in [-0.3, -0.25) is 10.1 Å². The molecule has 0 atom stereocenters. The lowest BCUT2D eigenvalue weighted by molar-refractivity contribution is -0.386. The van der Waals surface area contributed by atoms with E-state index in [1.165, 1.54) is 12.1 Å². The molecule has 0 aliphatic rings. The third kappa shape index (κ3) is 2.92. The molecule has 1 rings (SSSR count). The van der Waals surface area contributed by atoms with Crippen LogP contribution >= 0.6 is 0 Å². The Balaban J connectivity index is 3.00. The molecule has 1 aromatic rings. The molecular formula is C10H7F2NO3. The molecule has 0 heterocycles. The number of halogens is 2. The highest BCUT2D eigenvalue weighted by Crippen LogP contribution is 2.27. The summed E-state index contributed by atoms with van der Waals surface area (Å²) in [5.74, 6) is 1.99. The maximum Gasteiger partial charge on any atom is 0.312 e. The van der Waals surface area contributed by atoms with E-state index in [9.17, 15) is 18.9 Å². The van der Waals surface area contributed by atoms with E-state index in [1.54, 1.807) is 0 Å². The Morgan fingerprint density at radius 2 is 2.25 bits per heavy atom. The monoisotopic (exact) mass is 227 g/mol. The van der Waals surface area contributed by atoms with Crippen LogP contribution in [0.1, 0.15) is 5.56 Å². The quantitative estimate of drug-likeness (QED) is 0.450. The van der Waals surface area contributed by atoms with E-state index in [1.807, 2.05) is 0 Å². The van der Waals surface area contributed by atoms with Crippen LogP contribution in [-0.4, -0.2) is 18.0 Å². The summed E-state index contributed by atoms with van der Waals surface area (Å²) < 4.78 is 28.3. The normalized spacial score (nSPS) is 9.88. The van der Waals surface area contributed by atoms with Gasteiger partial charge in [0, 0.05) is 11.6 Å². The van der Waals surface area contributed by atoms with Crippen LogP contribution in [0.2, 0.25) is 0 Å². The number of nitro benzene ring substituents is 1. The van der Waals surface area contributed by atoms with Crippen LogP contribution in [0.25, 0.3) is 0 Å². The van der Waals surface area contributed by atoms with Crippen molar-refractivity contribution in [2.75, 3.05) is 6.61 Å². The number of nitrogens with zero attached hydrogens (tertiary/aromatic N) is 1. The van der Waals surface area contributed by atoms with Crippen LogP contribution in [0.15, 0.2) is 18.2 Å². The van der Waals surface area contributed by atoms with Crippen molar-refractivity contribution in [2.45, 2.75) is 6.43 Å². The van der Waals surface area contributed by atoms with Gasteiger partial charge < -0.3 is 4.74 Å². The van der Waals surface area contributed by atoms with Crippen LogP contribution in [0.3, 0.4) is 0 Å². The van der Waals surface area contributed by atoms with Gasteiger partial charge in [-0.05, 0) is 12.1 Å². The van der Waals surface area contributed by atoms with E-state index in [0.717, 1.165) is 6.07 Å². The third-order valence-electron chi connectivity index (χ3n) is 1.69. The zero-order valence-corrected chi connectivity index (χ0v) is 8.02. The Morgan fingerprint density at radius 3 is 2.75 bits per heavy atom. The predicted octanol–water partition coefficient (Wildman–Crippen LogP) is 2.22. The second-order valence-electron chi connectivity index (χ2n) is 2.79. The van der Waals surface area contributed by atoms with E-state index in [-0.39, 0.29) is 11.3 Å². The average Bonchev–Trinajstić information content (AvgIpc) is 2.25. The van der Waals surface area contributed by atoms with Gasteiger partial charge in [0.15, 0.2) is 5.75 Å². The van der Waals surface area contributed by atoms with Crippen molar-refractivity contribution < 1.29 is 18.4 Å². The molecule has 0 aliphatic heterocycles. The second kappa shape index (κ2) is 5.07. The van der Waals surface area contributed by atoms with Crippen LogP contribution in [0.5, 0.6) is 5.75 Å². The summed E-state index contributed by atoms with van der Waals surface area (Å²) >= 11 is 0. The van der Waals surface area contributed by atoms with Crippen molar-refractivity contribution in [1.29, 1.82) is 0 Å². The smallest absolute Gasteiger partial charge is 0.312 e. The SMILES string of the molecule is C#Cc1ccc(OCC(F)F)c([N+](=O)[O-])c1. The summed E-state index contributed by atoms with van der Waals surface area (Å²) in [6, 6.07) is 3.68. The van der Waals surface area contributed by atoms with Crippen LogP contribution < -0.4 is 4.74 Å². The predicted molar refractivity (Wildman–Crippen MR) is 52.5 cm³/mol. The van der Waals surface area contributed by atoms with E-state index in [4.69, 9.17) is 6.42 Å². The Hall–Kier alpha value is -2.16. The standard InChI is InChI=1S/C10H7F2NO3/c1-2-7-3-4-9(16-6-10(11)12)8(5-7)13(14)15/h1,3-5,10H,6H2. The lowest BCUT2D eigenvalue weighted by Crippen LogP contribution is -2.08. The van der Waals surface area contributed by atoms with Gasteiger partial charge in [-0.2, -0.15) is 0 Å². The molecule has 6 heteroatoms. The maximum absolute atomic E-state index is 11.9. The van der Waals surface area contributed by atoms with Gasteiger partial charge in [-0.1, -0.05) is 5.92 Å². The molecule has 1 aromatic carbocycles. The first-order valence-corrected chi connectivity index (χ1v) is 4.20. The van der Waals surface area contributed by atoms with E-state index >= 15 is 0 Å². The highest BCUT2D eigenvalue weighted by molar-refractivity contribution is 5.52. The average molecular weight is 227 g/mol. The minimum atomic E-state index is -2.69. The molecule has 0 bridgehead atoms.